The molecule has 2 atom stereocenters. The van der Waals surface area contributed by atoms with E-state index in [1.54, 1.807) is 0 Å². The summed E-state index contributed by atoms with van der Waals surface area (Å²) in [5.74, 6) is -0.200. The molecule has 1 heterocycles. The van der Waals surface area contributed by atoms with Gasteiger partial charge in [0.25, 0.3) is 0 Å². The molecule has 0 unspecified atom stereocenters. The molecule has 2 aromatic rings. The van der Waals surface area contributed by atoms with E-state index in [0.717, 1.165) is 43.2 Å². The van der Waals surface area contributed by atoms with Gasteiger partial charge in [-0.3, -0.25) is 4.79 Å². The van der Waals surface area contributed by atoms with Crippen LogP contribution in [0.4, 0.5) is 0 Å². The predicted octanol–water partition coefficient (Wildman–Crippen LogP) is 4.03. The van der Waals surface area contributed by atoms with Gasteiger partial charge in [0.15, 0.2) is 0 Å². The Kier molecular flexibility index (Phi) is 7.31. The van der Waals surface area contributed by atoms with Crippen molar-refractivity contribution in [3.05, 3.63) is 70.8 Å². The van der Waals surface area contributed by atoms with Crippen molar-refractivity contribution in [2.45, 2.75) is 57.9 Å². The van der Waals surface area contributed by atoms with Crippen LogP contribution < -0.4 is 5.32 Å². The number of nitrogens with one attached hydrogen (secondary N) is 1. The smallest absolute Gasteiger partial charge is 0.224 e. The molecule has 0 aromatic heterocycles. The van der Waals surface area contributed by atoms with Crippen LogP contribution in [0, 0.1) is 5.92 Å². The summed E-state index contributed by atoms with van der Waals surface area (Å²) in [5, 5.41) is 3.13. The van der Waals surface area contributed by atoms with Gasteiger partial charge in [-0.05, 0) is 74.1 Å². The molecular formula is C26H34N2O3S. The van der Waals surface area contributed by atoms with Crippen LogP contribution in [-0.4, -0.2) is 37.5 Å². The third kappa shape index (κ3) is 5.59. The van der Waals surface area contributed by atoms with Gasteiger partial charge in [-0.1, -0.05) is 48.5 Å². The van der Waals surface area contributed by atoms with E-state index < -0.39 is 10.0 Å². The highest BCUT2D eigenvalue weighted by Gasteiger charge is 2.32. The van der Waals surface area contributed by atoms with Gasteiger partial charge < -0.3 is 5.32 Å². The molecule has 1 saturated heterocycles. The molecule has 6 heteroatoms. The molecule has 0 spiro atoms. The number of nitrogens with zero attached hydrogens (tertiary/aromatic N) is 1. The maximum absolute atomic E-state index is 13.0. The highest BCUT2D eigenvalue weighted by atomic mass is 32.2. The number of piperidine rings is 1. The first-order chi connectivity index (χ1) is 15.4. The fraction of sp³-hybridized carbons (Fsp3) is 0.500. The highest BCUT2D eigenvalue weighted by molar-refractivity contribution is 7.89. The Bertz CT molecular complexity index is 1040. The van der Waals surface area contributed by atoms with E-state index >= 15 is 0 Å². The lowest BCUT2D eigenvalue weighted by atomic mass is 9.97. The number of carbonyl (C=O) groups is 1. The molecule has 4 rings (SSSR count). The average molecular weight is 455 g/mol. The van der Waals surface area contributed by atoms with Crippen LogP contribution in [0.2, 0.25) is 0 Å². The largest absolute Gasteiger partial charge is 0.349 e. The highest BCUT2D eigenvalue weighted by Crippen LogP contribution is 2.26. The van der Waals surface area contributed by atoms with Gasteiger partial charge in [0, 0.05) is 13.1 Å². The van der Waals surface area contributed by atoms with E-state index in [9.17, 15) is 13.2 Å². The van der Waals surface area contributed by atoms with Gasteiger partial charge in [0.2, 0.25) is 15.9 Å². The second-order valence-electron chi connectivity index (χ2n) is 9.21. The topological polar surface area (TPSA) is 66.5 Å². The first-order valence-corrected chi connectivity index (χ1v) is 13.5. The Balaban J connectivity index is 1.31. The zero-order chi connectivity index (χ0) is 22.6. The van der Waals surface area contributed by atoms with Crippen molar-refractivity contribution < 1.29 is 13.2 Å². The van der Waals surface area contributed by atoms with Crippen molar-refractivity contribution in [1.82, 2.24) is 9.62 Å². The molecule has 0 saturated carbocycles. The lowest BCUT2D eigenvalue weighted by Gasteiger charge is -2.32. The fourth-order valence-electron chi connectivity index (χ4n) is 4.92. The van der Waals surface area contributed by atoms with Crippen LogP contribution >= 0.6 is 0 Å². The first kappa shape index (κ1) is 23.0. The molecule has 1 N–H and O–H groups in total. The van der Waals surface area contributed by atoms with Crippen molar-refractivity contribution in [3.8, 4) is 0 Å². The van der Waals surface area contributed by atoms with Gasteiger partial charge in [-0.25, -0.2) is 12.7 Å². The number of rotatable bonds is 8. The number of benzene rings is 2. The third-order valence-corrected chi connectivity index (χ3v) is 8.76. The van der Waals surface area contributed by atoms with E-state index in [1.165, 1.54) is 21.9 Å². The SMILES string of the molecule is C[C@H](NC(=O)[C@H]1CCCN(S(=O)(=O)CCCc2ccccc2)C1)c1ccc2c(c1)CCC2. The third-order valence-electron chi connectivity index (χ3n) is 6.84. The van der Waals surface area contributed by atoms with Crippen LogP contribution in [0.3, 0.4) is 0 Å². The Hall–Kier alpha value is -2.18. The second kappa shape index (κ2) is 10.2. The molecule has 1 fully saturated rings. The monoisotopic (exact) mass is 454 g/mol. The van der Waals surface area contributed by atoms with Gasteiger partial charge in [-0.15, -0.1) is 0 Å². The van der Waals surface area contributed by atoms with Gasteiger partial charge in [-0.2, -0.15) is 0 Å². The molecule has 1 aliphatic carbocycles. The zero-order valence-corrected chi connectivity index (χ0v) is 19.7. The second-order valence-corrected chi connectivity index (χ2v) is 11.3. The van der Waals surface area contributed by atoms with E-state index in [2.05, 4.69) is 23.5 Å². The maximum atomic E-state index is 13.0. The summed E-state index contributed by atoms with van der Waals surface area (Å²) in [5.41, 5.74) is 5.10. The van der Waals surface area contributed by atoms with Crippen molar-refractivity contribution in [2.24, 2.45) is 5.92 Å². The molecule has 172 valence electrons. The Morgan fingerprint density at radius 1 is 1.09 bits per heavy atom. The molecular weight excluding hydrogens is 420 g/mol. The molecule has 2 aromatic carbocycles. The number of aryl methyl sites for hydroxylation is 3. The van der Waals surface area contributed by atoms with Gasteiger partial charge in [0.05, 0.1) is 17.7 Å². The molecule has 2 aliphatic rings. The molecule has 0 bridgehead atoms. The van der Waals surface area contributed by atoms with E-state index in [1.807, 2.05) is 37.3 Å². The van der Waals surface area contributed by atoms with Crippen LogP contribution in [0.15, 0.2) is 48.5 Å². The van der Waals surface area contributed by atoms with Gasteiger partial charge >= 0.3 is 0 Å². The molecule has 32 heavy (non-hydrogen) atoms. The minimum atomic E-state index is -3.35. The molecule has 1 aliphatic heterocycles. The Labute approximate surface area is 192 Å². The summed E-state index contributed by atoms with van der Waals surface area (Å²) in [6.45, 7) is 2.81. The number of hydrogen-bond donors (Lipinski definition) is 1. The molecule has 5 nitrogen and oxygen atoms in total. The maximum Gasteiger partial charge on any atom is 0.224 e. The van der Waals surface area contributed by atoms with Crippen molar-refractivity contribution >= 4 is 15.9 Å². The van der Waals surface area contributed by atoms with Crippen LogP contribution in [0.25, 0.3) is 0 Å². The quantitative estimate of drug-likeness (QED) is 0.655. The van der Waals surface area contributed by atoms with E-state index in [4.69, 9.17) is 0 Å². The van der Waals surface area contributed by atoms with Crippen molar-refractivity contribution in [2.75, 3.05) is 18.8 Å². The van der Waals surface area contributed by atoms with E-state index in [0.29, 0.717) is 13.0 Å². The zero-order valence-electron chi connectivity index (χ0n) is 18.9. The standard InChI is InChI=1S/C26H34N2O3S/c1-20(23-15-14-22-11-5-12-24(22)18-23)27-26(29)25-13-6-16-28(19-25)32(30,31)17-7-10-21-8-3-2-4-9-21/h2-4,8-9,14-15,18,20,25H,5-7,10-13,16-17,19H2,1H3,(H,27,29)/t20-,25-/m0/s1. The summed E-state index contributed by atoms with van der Waals surface area (Å²) >= 11 is 0. The number of carbonyl (C=O) groups excluding carboxylic acids is 1. The summed E-state index contributed by atoms with van der Waals surface area (Å²) < 4.78 is 27.3. The normalized spacial score (nSPS) is 20.0. The summed E-state index contributed by atoms with van der Waals surface area (Å²) in [6.07, 6.45) is 6.27. The first-order valence-electron chi connectivity index (χ1n) is 11.9. The minimum Gasteiger partial charge on any atom is -0.349 e. The minimum absolute atomic E-state index is 0.0396. The number of amides is 1. The van der Waals surface area contributed by atoms with Crippen molar-refractivity contribution in [1.29, 1.82) is 0 Å². The predicted molar refractivity (Wildman–Crippen MR) is 128 cm³/mol. The molecule has 0 radical (unpaired) electrons. The summed E-state index contributed by atoms with van der Waals surface area (Å²) in [6, 6.07) is 16.4. The summed E-state index contributed by atoms with van der Waals surface area (Å²) in [7, 11) is -3.35. The Morgan fingerprint density at radius 2 is 1.88 bits per heavy atom. The molecule has 1 amide bonds. The van der Waals surface area contributed by atoms with Crippen molar-refractivity contribution in [3.63, 3.8) is 0 Å². The average Bonchev–Trinajstić information content (AvgIpc) is 3.28. The van der Waals surface area contributed by atoms with E-state index in [-0.39, 0.29) is 30.2 Å². The number of fused-ring (bicyclic) bond motifs is 1. The number of hydrogen-bond acceptors (Lipinski definition) is 3. The summed E-state index contributed by atoms with van der Waals surface area (Å²) in [4.78, 5) is 13.0. The number of sulfonamides is 1. The van der Waals surface area contributed by atoms with Crippen LogP contribution in [0.1, 0.15) is 60.9 Å². The Morgan fingerprint density at radius 3 is 2.69 bits per heavy atom. The fourth-order valence-corrected chi connectivity index (χ4v) is 6.50. The lowest BCUT2D eigenvalue weighted by Crippen LogP contribution is -2.46. The van der Waals surface area contributed by atoms with Crippen LogP contribution in [-0.2, 0) is 34.1 Å². The van der Waals surface area contributed by atoms with Crippen LogP contribution in [0.5, 0.6) is 0 Å². The van der Waals surface area contributed by atoms with Gasteiger partial charge in [0.1, 0.15) is 0 Å². The lowest BCUT2D eigenvalue weighted by molar-refractivity contribution is -0.126.